The van der Waals surface area contributed by atoms with Crippen LogP contribution in [0.1, 0.15) is 17.9 Å². The molecule has 0 amide bonds. The van der Waals surface area contributed by atoms with Crippen LogP contribution < -0.4 is 0 Å². The van der Waals surface area contributed by atoms with E-state index < -0.39 is 14.3 Å². The number of pyridine rings is 1. The molecule has 1 aromatic heterocycles. The summed E-state index contributed by atoms with van der Waals surface area (Å²) in [5.74, 6) is 0. The molecule has 1 atom stereocenters. The highest BCUT2D eigenvalue weighted by Gasteiger charge is 2.20. The Kier molecular flexibility index (Phi) is 2.69. The van der Waals surface area contributed by atoms with Crippen LogP contribution in [0.2, 0.25) is 0 Å². The second-order valence-electron chi connectivity index (χ2n) is 2.37. The SMILES string of the molecule is CC(c1ccccn1)S(=O)(=O)Cl. The maximum absolute atomic E-state index is 10.9. The van der Waals surface area contributed by atoms with Crippen molar-refractivity contribution in [2.45, 2.75) is 12.2 Å². The first kappa shape index (κ1) is 9.48. The molecule has 5 heteroatoms. The van der Waals surface area contributed by atoms with Gasteiger partial charge < -0.3 is 0 Å². The van der Waals surface area contributed by atoms with Gasteiger partial charge in [0.2, 0.25) is 9.05 Å². The highest BCUT2D eigenvalue weighted by Crippen LogP contribution is 2.22. The van der Waals surface area contributed by atoms with E-state index in [9.17, 15) is 8.42 Å². The van der Waals surface area contributed by atoms with Gasteiger partial charge in [0.05, 0.1) is 5.69 Å². The van der Waals surface area contributed by atoms with Crippen molar-refractivity contribution in [3.63, 3.8) is 0 Å². The minimum Gasteiger partial charge on any atom is -0.260 e. The molecule has 0 aliphatic carbocycles. The van der Waals surface area contributed by atoms with Gasteiger partial charge in [0.15, 0.2) is 0 Å². The van der Waals surface area contributed by atoms with Crippen LogP contribution in [0.3, 0.4) is 0 Å². The van der Waals surface area contributed by atoms with Gasteiger partial charge in [-0.25, -0.2) is 8.42 Å². The summed E-state index contributed by atoms with van der Waals surface area (Å²) in [6, 6.07) is 5.07. The molecule has 3 nitrogen and oxygen atoms in total. The van der Waals surface area contributed by atoms with Gasteiger partial charge in [0.1, 0.15) is 5.25 Å². The van der Waals surface area contributed by atoms with Crippen LogP contribution in [0.15, 0.2) is 24.4 Å². The Hall–Kier alpha value is -0.610. The number of nitrogens with zero attached hydrogens (tertiary/aromatic N) is 1. The summed E-state index contributed by atoms with van der Waals surface area (Å²) in [4.78, 5) is 3.88. The topological polar surface area (TPSA) is 47.0 Å². The predicted molar refractivity (Wildman–Crippen MR) is 47.4 cm³/mol. The van der Waals surface area contributed by atoms with E-state index in [0.717, 1.165) is 0 Å². The molecular formula is C7H8ClNO2S. The van der Waals surface area contributed by atoms with Crippen molar-refractivity contribution in [2.75, 3.05) is 0 Å². The lowest BCUT2D eigenvalue weighted by atomic mass is 10.3. The van der Waals surface area contributed by atoms with Crippen molar-refractivity contribution in [3.05, 3.63) is 30.1 Å². The number of hydrogen-bond donors (Lipinski definition) is 0. The normalized spacial score (nSPS) is 14.2. The molecule has 0 spiro atoms. The van der Waals surface area contributed by atoms with Crippen molar-refractivity contribution in [1.29, 1.82) is 0 Å². The lowest BCUT2D eigenvalue weighted by Crippen LogP contribution is -2.04. The zero-order valence-electron chi connectivity index (χ0n) is 6.44. The third kappa shape index (κ3) is 2.19. The van der Waals surface area contributed by atoms with Crippen LogP contribution in [-0.4, -0.2) is 13.4 Å². The van der Waals surface area contributed by atoms with E-state index in [2.05, 4.69) is 4.98 Å². The smallest absolute Gasteiger partial charge is 0.240 e. The molecule has 1 unspecified atom stereocenters. The highest BCUT2D eigenvalue weighted by molar-refractivity contribution is 8.13. The first-order valence-corrected chi connectivity index (χ1v) is 5.73. The largest absolute Gasteiger partial charge is 0.260 e. The van der Waals surface area contributed by atoms with E-state index in [1.165, 1.54) is 13.1 Å². The molecule has 0 fully saturated rings. The summed E-state index contributed by atoms with van der Waals surface area (Å²) in [6.07, 6.45) is 1.54. The Morgan fingerprint density at radius 1 is 1.50 bits per heavy atom. The van der Waals surface area contributed by atoms with E-state index in [4.69, 9.17) is 10.7 Å². The number of hydrogen-bond acceptors (Lipinski definition) is 3. The third-order valence-electron chi connectivity index (χ3n) is 1.53. The molecule has 66 valence electrons. The summed E-state index contributed by atoms with van der Waals surface area (Å²) in [6.45, 7) is 1.50. The monoisotopic (exact) mass is 205 g/mol. The van der Waals surface area contributed by atoms with Gasteiger partial charge in [-0.15, -0.1) is 0 Å². The molecule has 0 aliphatic heterocycles. The van der Waals surface area contributed by atoms with Crippen LogP contribution >= 0.6 is 10.7 Å². The Labute approximate surface area is 75.8 Å². The summed E-state index contributed by atoms with van der Waals surface area (Å²) in [7, 11) is 1.60. The van der Waals surface area contributed by atoms with Gasteiger partial charge in [-0.1, -0.05) is 6.07 Å². The highest BCUT2D eigenvalue weighted by atomic mass is 35.7. The van der Waals surface area contributed by atoms with Crippen molar-refractivity contribution < 1.29 is 8.42 Å². The molecule has 1 rings (SSSR count). The summed E-state index contributed by atoms with van der Waals surface area (Å²) < 4.78 is 21.7. The Morgan fingerprint density at radius 3 is 2.58 bits per heavy atom. The standard InChI is InChI=1S/C7H8ClNO2S/c1-6(12(8,10)11)7-4-2-3-5-9-7/h2-6H,1H3. The minimum atomic E-state index is -3.55. The van der Waals surface area contributed by atoms with E-state index in [-0.39, 0.29) is 0 Å². The summed E-state index contributed by atoms with van der Waals surface area (Å²) in [5.41, 5.74) is 0.465. The van der Waals surface area contributed by atoms with E-state index in [0.29, 0.717) is 5.69 Å². The molecule has 12 heavy (non-hydrogen) atoms. The summed E-state index contributed by atoms with van der Waals surface area (Å²) >= 11 is 0. The van der Waals surface area contributed by atoms with E-state index in [1.807, 2.05) is 0 Å². The molecular weight excluding hydrogens is 198 g/mol. The molecule has 0 radical (unpaired) electrons. The van der Waals surface area contributed by atoms with Gasteiger partial charge in [0, 0.05) is 16.9 Å². The van der Waals surface area contributed by atoms with Crippen molar-refractivity contribution in [1.82, 2.24) is 4.98 Å². The van der Waals surface area contributed by atoms with Gasteiger partial charge in [-0.05, 0) is 19.1 Å². The fourth-order valence-corrected chi connectivity index (χ4v) is 1.46. The first-order valence-electron chi connectivity index (χ1n) is 3.36. The second kappa shape index (κ2) is 3.41. The Morgan fingerprint density at radius 2 is 2.17 bits per heavy atom. The second-order valence-corrected chi connectivity index (χ2v) is 5.32. The van der Waals surface area contributed by atoms with Crippen molar-refractivity contribution >= 4 is 19.7 Å². The van der Waals surface area contributed by atoms with Crippen LogP contribution in [0, 0.1) is 0 Å². The fourth-order valence-electron chi connectivity index (χ4n) is 0.761. The fraction of sp³-hybridized carbons (Fsp3) is 0.286. The lowest BCUT2D eigenvalue weighted by molar-refractivity contribution is 0.599. The molecule has 0 bridgehead atoms. The zero-order chi connectivity index (χ0) is 9.19. The summed E-state index contributed by atoms with van der Waals surface area (Å²) in [5, 5.41) is -0.750. The maximum atomic E-state index is 10.9. The molecule has 0 aromatic carbocycles. The third-order valence-corrected chi connectivity index (χ3v) is 3.41. The van der Waals surface area contributed by atoms with Crippen molar-refractivity contribution in [2.24, 2.45) is 0 Å². The number of halogens is 1. The van der Waals surface area contributed by atoms with Crippen molar-refractivity contribution in [3.8, 4) is 0 Å². The molecule has 1 aromatic rings. The zero-order valence-corrected chi connectivity index (χ0v) is 8.01. The van der Waals surface area contributed by atoms with E-state index in [1.54, 1.807) is 18.2 Å². The van der Waals surface area contributed by atoms with Crippen LogP contribution in [0.5, 0.6) is 0 Å². The molecule has 1 heterocycles. The van der Waals surface area contributed by atoms with Gasteiger partial charge in [-0.3, -0.25) is 4.98 Å². The molecule has 0 saturated heterocycles. The predicted octanol–water partition coefficient (Wildman–Crippen LogP) is 1.71. The Bertz CT molecular complexity index is 349. The Balaban J connectivity index is 3.02. The molecule has 0 N–H and O–H groups in total. The first-order chi connectivity index (χ1) is 5.52. The minimum absolute atomic E-state index is 0.465. The van der Waals surface area contributed by atoms with Crippen LogP contribution in [-0.2, 0) is 9.05 Å². The average molecular weight is 206 g/mol. The van der Waals surface area contributed by atoms with Gasteiger partial charge in [-0.2, -0.15) is 0 Å². The van der Waals surface area contributed by atoms with Crippen LogP contribution in [0.4, 0.5) is 0 Å². The van der Waals surface area contributed by atoms with Gasteiger partial charge in [0.25, 0.3) is 0 Å². The van der Waals surface area contributed by atoms with Crippen LogP contribution in [0.25, 0.3) is 0 Å². The average Bonchev–Trinajstić information content (AvgIpc) is 2.03. The molecule has 0 aliphatic rings. The maximum Gasteiger partial charge on any atom is 0.240 e. The lowest BCUT2D eigenvalue weighted by Gasteiger charge is -2.04. The van der Waals surface area contributed by atoms with E-state index >= 15 is 0 Å². The van der Waals surface area contributed by atoms with Gasteiger partial charge >= 0.3 is 0 Å². The number of aromatic nitrogens is 1. The number of rotatable bonds is 2. The quantitative estimate of drug-likeness (QED) is 0.691. The molecule has 0 saturated carbocycles.